The second-order valence-electron chi connectivity index (χ2n) is 5.22. The van der Waals surface area contributed by atoms with Crippen LogP contribution in [0.15, 0.2) is 18.2 Å². The molecule has 114 valence electrons. The van der Waals surface area contributed by atoms with Gasteiger partial charge in [-0.2, -0.15) is 0 Å². The van der Waals surface area contributed by atoms with Crippen molar-refractivity contribution in [2.75, 3.05) is 0 Å². The molecule has 0 heterocycles. The first-order valence-electron chi connectivity index (χ1n) is 6.51. The summed E-state index contributed by atoms with van der Waals surface area (Å²) in [7, 11) is 0. The smallest absolute Gasteiger partial charge is 0.326 e. The average Bonchev–Trinajstić information content (AvgIpc) is 2.36. The van der Waals surface area contributed by atoms with Gasteiger partial charge in [-0.3, -0.25) is 14.9 Å². The number of hydrogen-bond donors (Lipinski definition) is 2. The minimum absolute atomic E-state index is 0.0678. The predicted octanol–water partition coefficient (Wildman–Crippen LogP) is 2.13. The van der Waals surface area contributed by atoms with Crippen molar-refractivity contribution in [2.45, 2.75) is 33.2 Å². The zero-order valence-electron chi connectivity index (χ0n) is 12.1. The van der Waals surface area contributed by atoms with Gasteiger partial charge in [0.25, 0.3) is 11.6 Å². The van der Waals surface area contributed by atoms with E-state index < -0.39 is 22.8 Å². The number of nitro groups is 1. The predicted molar refractivity (Wildman–Crippen MR) is 76.2 cm³/mol. The molecule has 1 aromatic carbocycles. The number of hydrogen-bond acceptors (Lipinski definition) is 4. The maximum absolute atomic E-state index is 12.2. The van der Waals surface area contributed by atoms with E-state index in [4.69, 9.17) is 5.11 Å². The van der Waals surface area contributed by atoms with Crippen molar-refractivity contribution < 1.29 is 19.6 Å². The molecular weight excluding hydrogens is 276 g/mol. The number of rotatable bonds is 6. The lowest BCUT2D eigenvalue weighted by atomic mass is 10.0. The minimum atomic E-state index is -1.16. The largest absolute Gasteiger partial charge is 0.480 e. The molecule has 7 nitrogen and oxygen atoms in total. The second kappa shape index (κ2) is 6.83. The van der Waals surface area contributed by atoms with Crippen molar-refractivity contribution in [1.29, 1.82) is 0 Å². The molecule has 1 atom stereocenters. The lowest BCUT2D eigenvalue weighted by molar-refractivity contribution is -0.385. The minimum Gasteiger partial charge on any atom is -0.480 e. The molecule has 0 saturated carbocycles. The van der Waals surface area contributed by atoms with Gasteiger partial charge in [-0.05, 0) is 24.8 Å². The standard InChI is InChI=1S/C14H18N2O5/c1-8(2)7-10(14(18)19)15-13(17)12-9(3)5-4-6-11(12)16(20)21/h4-6,8,10H,7H2,1-3H3,(H,15,17)(H,18,19)/t10-/m0/s1. The van der Waals surface area contributed by atoms with E-state index in [0.717, 1.165) is 0 Å². The highest BCUT2D eigenvalue weighted by Crippen LogP contribution is 2.22. The fraction of sp³-hybridized carbons (Fsp3) is 0.429. The lowest BCUT2D eigenvalue weighted by Gasteiger charge is -2.17. The van der Waals surface area contributed by atoms with Crippen molar-refractivity contribution in [3.8, 4) is 0 Å². The molecule has 0 radical (unpaired) electrons. The Morgan fingerprint density at radius 2 is 2.00 bits per heavy atom. The Bertz CT molecular complexity index is 568. The molecule has 0 spiro atoms. The summed E-state index contributed by atoms with van der Waals surface area (Å²) in [4.78, 5) is 33.7. The summed E-state index contributed by atoms with van der Waals surface area (Å²) in [6.45, 7) is 5.23. The van der Waals surface area contributed by atoms with Crippen LogP contribution in [0.25, 0.3) is 0 Å². The zero-order chi connectivity index (χ0) is 16.2. The van der Waals surface area contributed by atoms with Crippen molar-refractivity contribution >= 4 is 17.6 Å². The normalized spacial score (nSPS) is 12.0. The molecule has 0 aliphatic carbocycles. The number of nitro benzene ring substituents is 1. The number of carboxylic acid groups (broad SMARTS) is 1. The number of nitrogens with zero attached hydrogens (tertiary/aromatic N) is 1. The summed E-state index contributed by atoms with van der Waals surface area (Å²) in [6.07, 6.45) is 0.251. The van der Waals surface area contributed by atoms with Gasteiger partial charge in [-0.15, -0.1) is 0 Å². The van der Waals surface area contributed by atoms with Crippen molar-refractivity contribution in [3.05, 3.63) is 39.4 Å². The molecule has 0 aliphatic rings. The molecule has 21 heavy (non-hydrogen) atoms. The molecule has 0 fully saturated rings. The molecule has 1 amide bonds. The van der Waals surface area contributed by atoms with E-state index in [0.29, 0.717) is 5.56 Å². The van der Waals surface area contributed by atoms with Gasteiger partial charge in [0.15, 0.2) is 0 Å². The fourth-order valence-corrected chi connectivity index (χ4v) is 2.02. The van der Waals surface area contributed by atoms with E-state index in [-0.39, 0.29) is 23.6 Å². The zero-order valence-corrected chi connectivity index (χ0v) is 12.1. The van der Waals surface area contributed by atoms with E-state index in [2.05, 4.69) is 5.32 Å². The summed E-state index contributed by atoms with van der Waals surface area (Å²) in [5.41, 5.74) is -0.00548. The number of carboxylic acids is 1. The number of aliphatic carboxylic acids is 1. The molecule has 0 aliphatic heterocycles. The summed E-state index contributed by atoms with van der Waals surface area (Å²) >= 11 is 0. The van der Waals surface area contributed by atoms with Gasteiger partial charge in [0, 0.05) is 6.07 Å². The molecule has 0 saturated heterocycles. The summed E-state index contributed by atoms with van der Waals surface area (Å²) in [5, 5.41) is 22.5. The Labute approximate surface area is 122 Å². The maximum atomic E-state index is 12.2. The SMILES string of the molecule is Cc1cccc([N+](=O)[O-])c1C(=O)N[C@@H](CC(C)C)C(=O)O. The third kappa shape index (κ3) is 4.27. The van der Waals surface area contributed by atoms with E-state index in [1.165, 1.54) is 12.1 Å². The number of carbonyl (C=O) groups excluding carboxylic acids is 1. The lowest BCUT2D eigenvalue weighted by Crippen LogP contribution is -2.42. The molecule has 0 aromatic heterocycles. The fourth-order valence-electron chi connectivity index (χ4n) is 2.02. The van der Waals surface area contributed by atoms with Gasteiger partial charge in [0.1, 0.15) is 11.6 Å². The maximum Gasteiger partial charge on any atom is 0.326 e. The van der Waals surface area contributed by atoms with Crippen LogP contribution in [0.4, 0.5) is 5.69 Å². The Balaban J connectivity index is 3.08. The quantitative estimate of drug-likeness (QED) is 0.617. The Morgan fingerprint density at radius 1 is 1.38 bits per heavy atom. The number of benzene rings is 1. The monoisotopic (exact) mass is 294 g/mol. The van der Waals surface area contributed by atoms with E-state index in [1.807, 2.05) is 13.8 Å². The second-order valence-corrected chi connectivity index (χ2v) is 5.22. The first-order valence-corrected chi connectivity index (χ1v) is 6.51. The highest BCUT2D eigenvalue weighted by molar-refractivity contribution is 6.01. The topological polar surface area (TPSA) is 110 Å². The van der Waals surface area contributed by atoms with Crippen molar-refractivity contribution in [3.63, 3.8) is 0 Å². The van der Waals surface area contributed by atoms with Gasteiger partial charge in [0.2, 0.25) is 0 Å². The van der Waals surface area contributed by atoms with Gasteiger partial charge in [-0.1, -0.05) is 26.0 Å². The average molecular weight is 294 g/mol. The van der Waals surface area contributed by atoms with E-state index in [1.54, 1.807) is 13.0 Å². The van der Waals surface area contributed by atoms with Gasteiger partial charge in [0.05, 0.1) is 4.92 Å². The molecular formula is C14H18N2O5. The molecule has 0 unspecified atom stereocenters. The van der Waals surface area contributed by atoms with Crippen LogP contribution >= 0.6 is 0 Å². The third-order valence-corrected chi connectivity index (χ3v) is 2.99. The van der Waals surface area contributed by atoms with Crippen molar-refractivity contribution in [2.24, 2.45) is 5.92 Å². The molecule has 7 heteroatoms. The van der Waals surface area contributed by atoms with E-state index in [9.17, 15) is 19.7 Å². The van der Waals surface area contributed by atoms with Gasteiger partial charge < -0.3 is 10.4 Å². The van der Waals surface area contributed by atoms with Crippen LogP contribution in [-0.2, 0) is 4.79 Å². The van der Waals surface area contributed by atoms with Crippen LogP contribution in [0.2, 0.25) is 0 Å². The molecule has 0 bridgehead atoms. The summed E-state index contributed by atoms with van der Waals surface area (Å²) in [6, 6.07) is 3.20. The van der Waals surface area contributed by atoms with Crippen LogP contribution in [0, 0.1) is 23.0 Å². The van der Waals surface area contributed by atoms with Crippen molar-refractivity contribution in [1.82, 2.24) is 5.32 Å². The van der Waals surface area contributed by atoms with Gasteiger partial charge >= 0.3 is 5.97 Å². The Morgan fingerprint density at radius 3 is 2.48 bits per heavy atom. The molecule has 2 N–H and O–H groups in total. The van der Waals surface area contributed by atoms with Crippen LogP contribution < -0.4 is 5.32 Å². The van der Waals surface area contributed by atoms with Crippen LogP contribution in [0.5, 0.6) is 0 Å². The number of amides is 1. The Hall–Kier alpha value is -2.44. The summed E-state index contributed by atoms with van der Waals surface area (Å²) < 4.78 is 0. The highest BCUT2D eigenvalue weighted by atomic mass is 16.6. The van der Waals surface area contributed by atoms with Crippen LogP contribution in [-0.4, -0.2) is 27.9 Å². The van der Waals surface area contributed by atoms with Gasteiger partial charge in [-0.25, -0.2) is 4.79 Å². The van der Waals surface area contributed by atoms with E-state index >= 15 is 0 Å². The molecule has 1 aromatic rings. The highest BCUT2D eigenvalue weighted by Gasteiger charge is 2.27. The van der Waals surface area contributed by atoms with Crippen LogP contribution in [0.3, 0.4) is 0 Å². The first kappa shape index (κ1) is 16.6. The number of nitrogens with one attached hydrogen (secondary N) is 1. The first-order chi connectivity index (χ1) is 9.73. The molecule has 1 rings (SSSR count). The number of aryl methyl sites for hydroxylation is 1. The Kier molecular flexibility index (Phi) is 5.40. The number of carbonyl (C=O) groups is 2. The third-order valence-electron chi connectivity index (χ3n) is 2.99. The summed E-state index contributed by atoms with van der Waals surface area (Å²) in [5.74, 6) is -1.83. The van der Waals surface area contributed by atoms with Crippen LogP contribution in [0.1, 0.15) is 36.2 Å².